The van der Waals surface area contributed by atoms with Crippen molar-refractivity contribution in [3.05, 3.63) is 71.4 Å². The Hall–Kier alpha value is -3.06. The Morgan fingerprint density at radius 3 is 2.42 bits per heavy atom. The highest BCUT2D eigenvalue weighted by Crippen LogP contribution is 2.66. The summed E-state index contributed by atoms with van der Waals surface area (Å²) in [6, 6.07) is 14.9. The third kappa shape index (κ3) is 4.17. The van der Waals surface area contributed by atoms with E-state index in [1.165, 1.54) is 17.7 Å². The van der Waals surface area contributed by atoms with Gasteiger partial charge in [0.05, 0.1) is 5.92 Å². The van der Waals surface area contributed by atoms with Crippen LogP contribution in [0.2, 0.25) is 0 Å². The van der Waals surface area contributed by atoms with E-state index >= 15 is 0 Å². The molecule has 5 rings (SSSR count). The molecule has 0 spiro atoms. The summed E-state index contributed by atoms with van der Waals surface area (Å²) in [5, 5.41) is 13.2. The fourth-order valence-electron chi connectivity index (χ4n) is 5.21. The molecular formula is C26H28FN3O3. The van der Waals surface area contributed by atoms with Gasteiger partial charge in [0.2, 0.25) is 11.7 Å². The van der Waals surface area contributed by atoms with Gasteiger partial charge in [-0.05, 0) is 41.5 Å². The van der Waals surface area contributed by atoms with Crippen LogP contribution in [0.3, 0.4) is 0 Å². The van der Waals surface area contributed by atoms with Crippen molar-refractivity contribution in [2.24, 2.45) is 11.3 Å². The SMILES string of the molecule is CC1(C)CC1(CCc1nc(-c2ccc(CN3CC(C(=O)O)C3)cc2)no1)c1ccc(F)cc1. The summed E-state index contributed by atoms with van der Waals surface area (Å²) in [6.07, 6.45) is 2.60. The lowest BCUT2D eigenvalue weighted by Gasteiger charge is -2.36. The van der Waals surface area contributed by atoms with E-state index in [2.05, 4.69) is 28.9 Å². The second-order valence-electron chi connectivity index (χ2n) is 10.1. The van der Waals surface area contributed by atoms with Crippen molar-refractivity contribution in [1.82, 2.24) is 15.0 Å². The molecule has 2 aromatic carbocycles. The van der Waals surface area contributed by atoms with Crippen LogP contribution in [0.15, 0.2) is 53.1 Å². The molecule has 7 heteroatoms. The minimum Gasteiger partial charge on any atom is -0.481 e. The van der Waals surface area contributed by atoms with Crippen molar-refractivity contribution in [1.29, 1.82) is 0 Å². The summed E-state index contributed by atoms with van der Waals surface area (Å²) in [4.78, 5) is 17.7. The largest absolute Gasteiger partial charge is 0.481 e. The first-order chi connectivity index (χ1) is 15.8. The monoisotopic (exact) mass is 449 g/mol. The van der Waals surface area contributed by atoms with Crippen LogP contribution in [0.1, 0.15) is 43.7 Å². The average molecular weight is 450 g/mol. The van der Waals surface area contributed by atoms with E-state index in [1.54, 1.807) is 0 Å². The van der Waals surface area contributed by atoms with E-state index in [4.69, 9.17) is 9.63 Å². The molecule has 0 radical (unpaired) electrons. The number of aryl methyl sites for hydroxylation is 1. The Labute approximate surface area is 192 Å². The fraction of sp³-hybridized carbons (Fsp3) is 0.423. The van der Waals surface area contributed by atoms with Gasteiger partial charge in [-0.15, -0.1) is 0 Å². The third-order valence-corrected chi connectivity index (χ3v) is 7.47. The van der Waals surface area contributed by atoms with Crippen LogP contribution in [0, 0.1) is 17.2 Å². The van der Waals surface area contributed by atoms with Crippen molar-refractivity contribution in [2.75, 3.05) is 13.1 Å². The predicted octanol–water partition coefficient (Wildman–Crippen LogP) is 4.69. The molecule has 3 aromatic rings. The number of benzene rings is 2. The number of hydrogen-bond acceptors (Lipinski definition) is 5. The maximum absolute atomic E-state index is 13.4. The molecule has 172 valence electrons. The van der Waals surface area contributed by atoms with E-state index in [0.717, 1.165) is 30.5 Å². The Bertz CT molecular complexity index is 1150. The van der Waals surface area contributed by atoms with Crippen molar-refractivity contribution < 1.29 is 18.8 Å². The molecule has 1 N–H and O–H groups in total. The number of likely N-dealkylation sites (tertiary alicyclic amines) is 1. The number of carboxylic acids is 1. The van der Waals surface area contributed by atoms with E-state index in [9.17, 15) is 9.18 Å². The van der Waals surface area contributed by atoms with Crippen molar-refractivity contribution in [2.45, 2.75) is 45.1 Å². The highest BCUT2D eigenvalue weighted by atomic mass is 19.1. The number of nitrogens with zero attached hydrogens (tertiary/aromatic N) is 3. The minimum atomic E-state index is -0.719. The first kappa shape index (κ1) is 21.8. The lowest BCUT2D eigenvalue weighted by molar-refractivity contribution is -0.147. The molecule has 1 saturated heterocycles. The average Bonchev–Trinajstić information content (AvgIpc) is 3.08. The van der Waals surface area contributed by atoms with Crippen LogP contribution >= 0.6 is 0 Å². The normalized spacial score (nSPS) is 22.2. The highest BCUT2D eigenvalue weighted by Gasteiger charge is 2.61. The van der Waals surface area contributed by atoms with Crippen molar-refractivity contribution in [3.63, 3.8) is 0 Å². The quantitative estimate of drug-likeness (QED) is 0.537. The number of rotatable bonds is 8. The smallest absolute Gasteiger partial charge is 0.309 e. The van der Waals surface area contributed by atoms with Crippen LogP contribution in [0.5, 0.6) is 0 Å². The van der Waals surface area contributed by atoms with Crippen molar-refractivity contribution >= 4 is 5.97 Å². The molecule has 1 atom stereocenters. The van der Waals surface area contributed by atoms with E-state index in [-0.39, 0.29) is 22.6 Å². The van der Waals surface area contributed by atoms with Gasteiger partial charge >= 0.3 is 5.97 Å². The van der Waals surface area contributed by atoms with Crippen LogP contribution in [0.4, 0.5) is 4.39 Å². The molecule has 0 amide bonds. The van der Waals surface area contributed by atoms with Gasteiger partial charge in [0.1, 0.15) is 5.82 Å². The van der Waals surface area contributed by atoms with Crippen LogP contribution in [-0.2, 0) is 23.2 Å². The van der Waals surface area contributed by atoms with E-state index in [0.29, 0.717) is 31.2 Å². The van der Waals surface area contributed by atoms with Gasteiger partial charge in [0.15, 0.2) is 0 Å². The molecule has 2 heterocycles. The zero-order chi connectivity index (χ0) is 23.2. The molecule has 1 unspecified atom stereocenters. The summed E-state index contributed by atoms with van der Waals surface area (Å²) < 4.78 is 18.9. The molecule has 6 nitrogen and oxygen atoms in total. The molecule has 0 bridgehead atoms. The summed E-state index contributed by atoms with van der Waals surface area (Å²) in [6.45, 7) is 6.43. The number of aromatic nitrogens is 2. The molecule has 33 heavy (non-hydrogen) atoms. The fourth-order valence-corrected chi connectivity index (χ4v) is 5.21. The lowest BCUT2D eigenvalue weighted by Crippen LogP contribution is -2.49. The standard InChI is InChI=1S/C26H28FN3O3/c1-25(2)16-26(25,20-7-9-21(27)10-8-20)12-11-22-28-23(29-33-22)18-5-3-17(4-6-18)13-30-14-19(15-30)24(31)32/h3-10,19H,11-16H2,1-2H3,(H,31,32). The molecule has 1 saturated carbocycles. The topological polar surface area (TPSA) is 79.5 Å². The molecule has 2 fully saturated rings. The minimum absolute atomic E-state index is 0.00743. The number of halogens is 1. The first-order valence-corrected chi connectivity index (χ1v) is 11.4. The second-order valence-corrected chi connectivity index (χ2v) is 10.1. The second kappa shape index (κ2) is 8.06. The molecule has 2 aliphatic rings. The Balaban J connectivity index is 1.21. The maximum atomic E-state index is 13.4. The lowest BCUT2D eigenvalue weighted by atomic mass is 9.84. The van der Waals surface area contributed by atoms with Gasteiger partial charge in [-0.1, -0.05) is 55.4 Å². The Morgan fingerprint density at radius 2 is 1.82 bits per heavy atom. The number of carboxylic acid groups (broad SMARTS) is 1. The summed E-state index contributed by atoms with van der Waals surface area (Å²) in [5.74, 6) is -0.00101. The first-order valence-electron chi connectivity index (χ1n) is 11.4. The van der Waals surface area contributed by atoms with Crippen LogP contribution in [-0.4, -0.2) is 39.2 Å². The molecular weight excluding hydrogens is 421 g/mol. The zero-order valence-electron chi connectivity index (χ0n) is 18.9. The summed E-state index contributed by atoms with van der Waals surface area (Å²) in [7, 11) is 0. The molecule has 1 aromatic heterocycles. The van der Waals surface area contributed by atoms with Gasteiger partial charge in [0, 0.05) is 37.0 Å². The third-order valence-electron chi connectivity index (χ3n) is 7.47. The number of aliphatic carboxylic acids is 1. The number of hydrogen-bond donors (Lipinski definition) is 1. The predicted molar refractivity (Wildman–Crippen MR) is 121 cm³/mol. The van der Waals surface area contributed by atoms with Crippen LogP contribution < -0.4 is 0 Å². The summed E-state index contributed by atoms with van der Waals surface area (Å²) in [5.41, 5.74) is 3.35. The van der Waals surface area contributed by atoms with Gasteiger partial charge < -0.3 is 9.63 Å². The Morgan fingerprint density at radius 1 is 1.15 bits per heavy atom. The van der Waals surface area contributed by atoms with E-state index in [1.807, 2.05) is 36.4 Å². The summed E-state index contributed by atoms with van der Waals surface area (Å²) >= 11 is 0. The van der Waals surface area contributed by atoms with E-state index < -0.39 is 5.97 Å². The van der Waals surface area contributed by atoms with Gasteiger partial charge in [0.25, 0.3) is 0 Å². The molecule has 1 aliphatic carbocycles. The Kier molecular flexibility index (Phi) is 5.32. The number of carbonyl (C=O) groups is 1. The van der Waals surface area contributed by atoms with Crippen molar-refractivity contribution in [3.8, 4) is 11.4 Å². The maximum Gasteiger partial charge on any atom is 0.309 e. The van der Waals surface area contributed by atoms with Crippen LogP contribution in [0.25, 0.3) is 11.4 Å². The van der Waals surface area contributed by atoms with Gasteiger partial charge in [-0.25, -0.2) is 4.39 Å². The van der Waals surface area contributed by atoms with Gasteiger partial charge in [-0.3, -0.25) is 9.69 Å². The molecule has 1 aliphatic heterocycles. The zero-order valence-corrected chi connectivity index (χ0v) is 18.9. The highest BCUT2D eigenvalue weighted by molar-refractivity contribution is 5.71. The van der Waals surface area contributed by atoms with Gasteiger partial charge in [-0.2, -0.15) is 4.98 Å².